The summed E-state index contributed by atoms with van der Waals surface area (Å²) >= 11 is 0. The molecule has 0 saturated heterocycles. The van der Waals surface area contributed by atoms with Gasteiger partial charge in [0.1, 0.15) is 0 Å². The van der Waals surface area contributed by atoms with Gasteiger partial charge in [0.25, 0.3) is 0 Å². The molecule has 6 heteroatoms. The summed E-state index contributed by atoms with van der Waals surface area (Å²) < 4.78 is 5.48. The summed E-state index contributed by atoms with van der Waals surface area (Å²) in [5.74, 6) is -0.0480. The van der Waals surface area contributed by atoms with Crippen molar-refractivity contribution in [3.05, 3.63) is 24.3 Å². The third kappa shape index (κ3) is 47.7. The highest BCUT2D eigenvalue weighted by atomic mass is 16.5. The fourth-order valence-corrected chi connectivity index (χ4v) is 8.32. The van der Waals surface area contributed by atoms with E-state index in [1.165, 1.54) is 205 Å². The van der Waals surface area contributed by atoms with Crippen LogP contribution in [0.1, 0.15) is 290 Å². The summed E-state index contributed by atoms with van der Waals surface area (Å²) in [4.78, 5) is 24.5. The van der Waals surface area contributed by atoms with Crippen molar-refractivity contribution in [2.45, 2.75) is 302 Å². The Morgan fingerprint density at radius 1 is 0.459 bits per heavy atom. The summed E-state index contributed by atoms with van der Waals surface area (Å²) in [6.07, 6.45) is 60.1. The maximum absolute atomic E-state index is 12.4. The fraction of sp³-hybridized carbons (Fsp3) is 0.891. The third-order valence-corrected chi connectivity index (χ3v) is 12.5. The highest BCUT2D eigenvalue weighted by Crippen LogP contribution is 2.16. The first-order chi connectivity index (χ1) is 30.0. The second kappa shape index (κ2) is 51.0. The number of amides is 1. The Bertz CT molecular complexity index is 951. The molecule has 0 heterocycles. The number of aliphatic hydroxyl groups excluding tert-OH is 2. The number of ether oxygens (including phenoxy) is 1. The molecule has 0 aliphatic rings. The summed E-state index contributed by atoms with van der Waals surface area (Å²) in [6.45, 7) is 4.91. The summed E-state index contributed by atoms with van der Waals surface area (Å²) in [5.41, 5.74) is 0. The van der Waals surface area contributed by atoms with Crippen LogP contribution in [0.5, 0.6) is 0 Å². The van der Waals surface area contributed by atoms with E-state index in [4.69, 9.17) is 4.74 Å². The average Bonchev–Trinajstić information content (AvgIpc) is 3.26. The van der Waals surface area contributed by atoms with Crippen molar-refractivity contribution in [3.8, 4) is 0 Å². The van der Waals surface area contributed by atoms with Gasteiger partial charge in [-0.15, -0.1) is 0 Å². The molecule has 0 saturated carbocycles. The maximum Gasteiger partial charge on any atom is 0.305 e. The molecular weight excluding hydrogens is 755 g/mol. The zero-order valence-electron chi connectivity index (χ0n) is 40.9. The average molecular weight is 860 g/mol. The number of nitrogens with one attached hydrogen (secondary N) is 1. The van der Waals surface area contributed by atoms with Crippen LogP contribution in [0.3, 0.4) is 0 Å². The smallest absolute Gasteiger partial charge is 0.305 e. The van der Waals surface area contributed by atoms with Crippen molar-refractivity contribution < 1.29 is 24.5 Å². The van der Waals surface area contributed by atoms with Gasteiger partial charge in [0.15, 0.2) is 0 Å². The van der Waals surface area contributed by atoms with Gasteiger partial charge in [-0.05, 0) is 57.8 Å². The minimum atomic E-state index is -0.667. The number of hydrogen-bond donors (Lipinski definition) is 3. The van der Waals surface area contributed by atoms with Crippen LogP contribution < -0.4 is 5.32 Å². The Hall–Kier alpha value is -1.66. The first kappa shape index (κ1) is 59.3. The van der Waals surface area contributed by atoms with E-state index in [-0.39, 0.29) is 18.5 Å². The van der Waals surface area contributed by atoms with Crippen LogP contribution in [0, 0.1) is 0 Å². The summed E-state index contributed by atoms with van der Waals surface area (Å²) in [7, 11) is 0. The molecule has 0 aromatic rings. The lowest BCUT2D eigenvalue weighted by Crippen LogP contribution is -2.45. The van der Waals surface area contributed by atoms with Gasteiger partial charge in [0, 0.05) is 12.8 Å². The first-order valence-corrected chi connectivity index (χ1v) is 27.1. The topological polar surface area (TPSA) is 95.9 Å². The Morgan fingerprint density at radius 3 is 1.26 bits per heavy atom. The van der Waals surface area contributed by atoms with Crippen molar-refractivity contribution in [2.24, 2.45) is 0 Å². The first-order valence-electron chi connectivity index (χ1n) is 27.1. The van der Waals surface area contributed by atoms with Crippen LogP contribution in [0.15, 0.2) is 24.3 Å². The Morgan fingerprint density at radius 2 is 0.820 bits per heavy atom. The van der Waals surface area contributed by atoms with Crippen molar-refractivity contribution in [1.82, 2.24) is 5.32 Å². The number of rotatable bonds is 50. The van der Waals surface area contributed by atoms with E-state index in [1.54, 1.807) is 0 Å². The molecule has 1 amide bonds. The van der Waals surface area contributed by atoms with Gasteiger partial charge in [0.2, 0.25) is 5.91 Å². The molecule has 61 heavy (non-hydrogen) atoms. The molecule has 0 aliphatic carbocycles. The number of unbranched alkanes of at least 4 members (excludes halogenated alkanes) is 35. The molecule has 0 fully saturated rings. The number of carbonyl (C=O) groups is 2. The van der Waals surface area contributed by atoms with Gasteiger partial charge >= 0.3 is 5.97 Å². The monoisotopic (exact) mass is 860 g/mol. The lowest BCUT2D eigenvalue weighted by Gasteiger charge is -2.22. The number of allylic oxidation sites excluding steroid dienone is 4. The molecule has 0 rings (SSSR count). The van der Waals surface area contributed by atoms with E-state index in [0.717, 1.165) is 51.4 Å². The highest BCUT2D eigenvalue weighted by Gasteiger charge is 2.20. The van der Waals surface area contributed by atoms with Crippen molar-refractivity contribution >= 4 is 11.9 Å². The molecule has 2 unspecified atom stereocenters. The molecule has 6 nitrogen and oxygen atoms in total. The quantitative estimate of drug-likeness (QED) is 0.0322. The number of aliphatic hydroxyl groups is 2. The molecular formula is C55H105NO5. The number of carbonyl (C=O) groups excluding carboxylic acids is 2. The number of hydrogen-bond acceptors (Lipinski definition) is 5. The van der Waals surface area contributed by atoms with Crippen LogP contribution in [0.25, 0.3) is 0 Å². The van der Waals surface area contributed by atoms with E-state index in [0.29, 0.717) is 25.9 Å². The van der Waals surface area contributed by atoms with Gasteiger partial charge in [-0.2, -0.15) is 0 Å². The summed E-state index contributed by atoms with van der Waals surface area (Å²) in [5, 5.41) is 23.1. The Kier molecular flexibility index (Phi) is 49.6. The second-order valence-corrected chi connectivity index (χ2v) is 18.6. The Balaban J connectivity index is 3.40. The molecule has 0 bridgehead atoms. The molecule has 3 N–H and O–H groups in total. The molecule has 360 valence electrons. The second-order valence-electron chi connectivity index (χ2n) is 18.6. The molecule has 0 aromatic carbocycles. The van der Waals surface area contributed by atoms with Crippen LogP contribution in [-0.4, -0.2) is 47.4 Å². The van der Waals surface area contributed by atoms with E-state index >= 15 is 0 Å². The van der Waals surface area contributed by atoms with Crippen molar-refractivity contribution in [2.75, 3.05) is 13.2 Å². The normalized spacial score (nSPS) is 12.8. The Labute approximate surface area is 380 Å². The van der Waals surface area contributed by atoms with Gasteiger partial charge in [-0.25, -0.2) is 0 Å². The van der Waals surface area contributed by atoms with Crippen molar-refractivity contribution in [1.29, 1.82) is 0 Å². The van der Waals surface area contributed by atoms with Crippen LogP contribution in [-0.2, 0) is 14.3 Å². The zero-order valence-corrected chi connectivity index (χ0v) is 40.9. The molecule has 0 aliphatic heterocycles. The van der Waals surface area contributed by atoms with Crippen LogP contribution in [0.4, 0.5) is 0 Å². The lowest BCUT2D eigenvalue weighted by molar-refractivity contribution is -0.143. The largest absolute Gasteiger partial charge is 0.466 e. The minimum absolute atomic E-state index is 0.00434. The van der Waals surface area contributed by atoms with E-state index < -0.39 is 12.1 Å². The van der Waals surface area contributed by atoms with Gasteiger partial charge in [0.05, 0.1) is 25.4 Å². The SMILES string of the molecule is CCCCCC/C=C\C/C=C\CCCCCCCCCC(=O)OCCCCCCCCCCCCCCCCCCC(=O)NC(CO)C(O)CCCCCCCCCCCC. The van der Waals surface area contributed by atoms with E-state index in [9.17, 15) is 19.8 Å². The van der Waals surface area contributed by atoms with Crippen LogP contribution in [0.2, 0.25) is 0 Å². The third-order valence-electron chi connectivity index (χ3n) is 12.5. The van der Waals surface area contributed by atoms with Gasteiger partial charge in [-0.3, -0.25) is 9.59 Å². The summed E-state index contributed by atoms with van der Waals surface area (Å²) in [6, 6.07) is -0.545. The highest BCUT2D eigenvalue weighted by molar-refractivity contribution is 5.76. The van der Waals surface area contributed by atoms with Gasteiger partial charge in [-0.1, -0.05) is 244 Å². The van der Waals surface area contributed by atoms with E-state index in [2.05, 4.69) is 43.5 Å². The zero-order chi connectivity index (χ0) is 44.4. The predicted molar refractivity (Wildman–Crippen MR) is 264 cm³/mol. The standard InChI is InChI=1S/C55H105NO5/c1-3-5-7-9-11-13-15-16-17-18-19-23-26-29-33-37-41-45-49-55(60)61-50-46-42-38-34-30-27-24-21-20-22-25-28-32-36-40-44-48-54(59)56-52(51-57)53(58)47-43-39-35-31-14-12-10-8-6-4-2/h13,15,17-18,52-53,57-58H,3-12,14,16,19-51H2,1-2H3,(H,56,59)/b15-13-,18-17-. The molecule has 0 aromatic heterocycles. The predicted octanol–water partition coefficient (Wildman–Crippen LogP) is 16.3. The van der Waals surface area contributed by atoms with Gasteiger partial charge < -0.3 is 20.3 Å². The maximum atomic E-state index is 12.4. The number of esters is 1. The minimum Gasteiger partial charge on any atom is -0.466 e. The molecule has 2 atom stereocenters. The van der Waals surface area contributed by atoms with E-state index in [1.807, 2.05) is 0 Å². The lowest BCUT2D eigenvalue weighted by atomic mass is 10.0. The van der Waals surface area contributed by atoms with Crippen molar-refractivity contribution in [3.63, 3.8) is 0 Å². The van der Waals surface area contributed by atoms with Crippen LogP contribution >= 0.6 is 0 Å². The molecule has 0 radical (unpaired) electrons. The fourth-order valence-electron chi connectivity index (χ4n) is 8.32. The molecule has 0 spiro atoms.